The molecule has 2 atom stereocenters. The molecule has 0 saturated heterocycles. The van der Waals surface area contributed by atoms with Gasteiger partial charge in [-0.1, -0.05) is 51.5 Å². The van der Waals surface area contributed by atoms with Crippen LogP contribution in [0.3, 0.4) is 0 Å². The Hall–Kier alpha value is -4.42. The van der Waals surface area contributed by atoms with Crippen LogP contribution in [0, 0.1) is 37.5 Å². The van der Waals surface area contributed by atoms with Crippen LogP contribution in [0.15, 0.2) is 18.2 Å². The van der Waals surface area contributed by atoms with Crippen molar-refractivity contribution in [1.29, 1.82) is 0 Å². The number of esters is 2. The first-order valence-corrected chi connectivity index (χ1v) is 25.1. The summed E-state index contributed by atoms with van der Waals surface area (Å²) in [6.07, 6.45) is 12.0. The van der Waals surface area contributed by atoms with E-state index in [1.807, 2.05) is 47.6 Å². The summed E-state index contributed by atoms with van der Waals surface area (Å²) in [5.74, 6) is 4.88. The van der Waals surface area contributed by atoms with Crippen molar-refractivity contribution in [3.63, 3.8) is 0 Å². The highest BCUT2D eigenvalue weighted by molar-refractivity contribution is 5.83. The molecule has 13 nitrogen and oxygen atoms in total. The number of Topliss-reactive ketones (excluding diaryl/α,β-unsaturated/α-hetero) is 1. The van der Waals surface area contributed by atoms with E-state index in [0.29, 0.717) is 48.0 Å². The lowest BCUT2D eigenvalue weighted by molar-refractivity contribution is -0.156. The summed E-state index contributed by atoms with van der Waals surface area (Å²) >= 11 is 0. The Morgan fingerprint density at radius 2 is 1.08 bits per heavy atom. The second-order valence-electron chi connectivity index (χ2n) is 23.3. The number of hydrogen-bond acceptors (Lipinski definition) is 10. The molecule has 2 aromatic heterocycles. The van der Waals surface area contributed by atoms with Crippen molar-refractivity contribution >= 4 is 23.7 Å². The van der Waals surface area contributed by atoms with Gasteiger partial charge < -0.3 is 23.7 Å². The second kappa shape index (κ2) is 21.3. The van der Waals surface area contributed by atoms with Gasteiger partial charge in [0.15, 0.2) is 0 Å². The normalized spacial score (nSPS) is 21.6. The molecule has 4 fully saturated rings. The van der Waals surface area contributed by atoms with Crippen molar-refractivity contribution in [2.45, 2.75) is 226 Å². The highest BCUT2D eigenvalue weighted by atomic mass is 16.6. The number of ketones is 1. The number of carbonyl (C=O) groups is 4. The van der Waals surface area contributed by atoms with Gasteiger partial charge in [-0.15, -0.1) is 20.4 Å². The maximum Gasteiger partial charge on any atom is 0.307 e. The average Bonchev–Trinajstić information content (AvgIpc) is 4.08. The Morgan fingerprint density at radius 3 is 1.44 bits per heavy atom. The number of aliphatic carboxylic acids is 1. The maximum atomic E-state index is 13.3. The van der Waals surface area contributed by atoms with Crippen molar-refractivity contribution in [3.05, 3.63) is 58.2 Å². The largest absolute Gasteiger partial charge is 0.481 e. The molecule has 2 heterocycles. The number of hydrogen-bond donors (Lipinski definition) is 1. The molecule has 13 heteroatoms. The molecule has 4 aliphatic rings. The van der Waals surface area contributed by atoms with Gasteiger partial charge in [-0.3, -0.25) is 19.2 Å². The van der Waals surface area contributed by atoms with Crippen molar-refractivity contribution < 1.29 is 33.8 Å². The van der Waals surface area contributed by atoms with E-state index in [0.717, 1.165) is 91.8 Å². The van der Waals surface area contributed by atoms with Crippen LogP contribution < -0.4 is 0 Å². The Kier molecular flexibility index (Phi) is 16.4. The lowest BCUT2D eigenvalue weighted by Gasteiger charge is -2.36. The van der Waals surface area contributed by atoms with E-state index < -0.39 is 29.1 Å². The van der Waals surface area contributed by atoms with Gasteiger partial charge in [0.25, 0.3) is 0 Å². The standard InChI is InChI=1S/C31H45N3O3.C22H35N3O4/c1-19(2)12-22-14-24(15-22)29-32-33-30(34(29)26-10-11-26)25(18-28(36)37-31(5,6)7)17-27(35)16-23-9-8-20(3)13-21(23)4;1-13(2)8-14-9-15(10-14)20-23-24-21(25(20)17-6-7-17)16(11-18(26)27)12-19(28)29-22(3,4)5/h8-9,13,19,22,24-26H,10-12,14-18H2,1-7H3;13-17H,6-12H2,1-5H3,(H,26,27). The van der Waals surface area contributed by atoms with E-state index in [-0.39, 0.29) is 43.4 Å². The van der Waals surface area contributed by atoms with E-state index in [1.54, 1.807) is 0 Å². The molecule has 3 aromatic rings. The van der Waals surface area contributed by atoms with Gasteiger partial charge in [-0.25, -0.2) is 0 Å². The molecule has 4 aliphatic carbocycles. The van der Waals surface area contributed by atoms with Crippen molar-refractivity contribution in [2.24, 2.45) is 23.7 Å². The Morgan fingerprint density at radius 1 is 0.652 bits per heavy atom. The van der Waals surface area contributed by atoms with Crippen molar-refractivity contribution in [3.8, 4) is 0 Å². The Labute approximate surface area is 394 Å². The van der Waals surface area contributed by atoms with Gasteiger partial charge in [0.05, 0.1) is 19.3 Å². The van der Waals surface area contributed by atoms with Gasteiger partial charge >= 0.3 is 17.9 Å². The van der Waals surface area contributed by atoms with E-state index >= 15 is 0 Å². The first kappa shape index (κ1) is 51.0. The first-order chi connectivity index (χ1) is 30.9. The third-order valence-electron chi connectivity index (χ3n) is 13.3. The van der Waals surface area contributed by atoms with Gasteiger partial charge in [-0.05, 0) is 154 Å². The molecule has 0 radical (unpaired) electrons. The fourth-order valence-electron chi connectivity index (χ4n) is 10.3. The minimum absolute atomic E-state index is 0.00899. The number of benzene rings is 1. The van der Waals surface area contributed by atoms with E-state index in [1.165, 1.54) is 18.4 Å². The number of carboxylic acids is 1. The molecular weight excluding hydrogens is 833 g/mol. The van der Waals surface area contributed by atoms with Crippen molar-refractivity contribution in [2.75, 3.05) is 0 Å². The van der Waals surface area contributed by atoms with Crippen LogP contribution in [-0.2, 0) is 35.1 Å². The summed E-state index contributed by atoms with van der Waals surface area (Å²) in [7, 11) is 0. The monoisotopic (exact) mass is 913 g/mol. The highest BCUT2D eigenvalue weighted by Gasteiger charge is 2.42. The SMILES string of the molecule is CC(C)CC1CC(c2nnc(C(CC(=O)O)CC(=O)OC(C)(C)C)n2C2CC2)C1.Cc1ccc(CC(=O)CC(CC(=O)OC(C)(C)C)c2nnc(C3CC(CC(C)C)C3)n2C2CC2)c(C)c1. The zero-order valence-electron chi connectivity index (χ0n) is 42.2. The number of aryl methyl sites for hydroxylation is 2. The summed E-state index contributed by atoms with van der Waals surface area (Å²) in [4.78, 5) is 50.2. The third-order valence-corrected chi connectivity index (χ3v) is 13.3. The molecule has 0 bridgehead atoms. The lowest BCUT2D eigenvalue weighted by Crippen LogP contribution is -2.28. The Balaban J connectivity index is 0.000000225. The smallest absolute Gasteiger partial charge is 0.307 e. The molecule has 1 N–H and O–H groups in total. The zero-order chi connectivity index (χ0) is 48.2. The third kappa shape index (κ3) is 14.5. The summed E-state index contributed by atoms with van der Waals surface area (Å²) in [5.41, 5.74) is 2.19. The predicted molar refractivity (Wildman–Crippen MR) is 254 cm³/mol. The van der Waals surface area contributed by atoms with Crippen LogP contribution in [0.5, 0.6) is 0 Å². The fraction of sp³-hybridized carbons (Fsp3) is 0.736. The van der Waals surface area contributed by atoms with Crippen LogP contribution >= 0.6 is 0 Å². The van der Waals surface area contributed by atoms with Gasteiger partial charge in [-0.2, -0.15) is 0 Å². The molecule has 364 valence electrons. The minimum atomic E-state index is -0.939. The molecule has 66 heavy (non-hydrogen) atoms. The van der Waals surface area contributed by atoms with Gasteiger partial charge in [0.1, 0.15) is 40.3 Å². The van der Waals surface area contributed by atoms with Gasteiger partial charge in [0, 0.05) is 48.6 Å². The average molecular weight is 913 g/mol. The predicted octanol–water partition coefficient (Wildman–Crippen LogP) is 11.2. The number of carbonyl (C=O) groups excluding carboxylic acids is 3. The zero-order valence-corrected chi connectivity index (χ0v) is 42.2. The molecule has 4 saturated carbocycles. The summed E-state index contributed by atoms with van der Waals surface area (Å²) in [5, 5.41) is 27.7. The lowest BCUT2D eigenvalue weighted by atomic mass is 9.71. The highest BCUT2D eigenvalue weighted by Crippen LogP contribution is 2.49. The first-order valence-electron chi connectivity index (χ1n) is 25.1. The molecule has 0 spiro atoms. The van der Waals surface area contributed by atoms with Crippen LogP contribution in [0.25, 0.3) is 0 Å². The van der Waals surface area contributed by atoms with Gasteiger partial charge in [0.2, 0.25) is 0 Å². The van der Waals surface area contributed by atoms with Crippen molar-refractivity contribution in [1.82, 2.24) is 29.5 Å². The molecule has 1 aromatic carbocycles. The summed E-state index contributed by atoms with van der Waals surface area (Å²) in [6.45, 7) is 24.3. The topological polar surface area (TPSA) is 168 Å². The van der Waals surface area contributed by atoms with Crippen LogP contribution in [0.4, 0.5) is 0 Å². The number of rotatable bonds is 20. The maximum absolute atomic E-state index is 13.3. The number of aromatic nitrogens is 6. The Bertz CT molecular complexity index is 2160. The van der Waals surface area contributed by atoms with E-state index in [4.69, 9.17) is 9.47 Å². The second-order valence-corrected chi connectivity index (χ2v) is 23.3. The molecule has 0 amide bonds. The van der Waals surface area contributed by atoms with Crippen LogP contribution in [0.2, 0.25) is 0 Å². The molecular formula is C53H80N6O7. The summed E-state index contributed by atoms with van der Waals surface area (Å²) in [6, 6.07) is 6.94. The van der Waals surface area contributed by atoms with E-state index in [2.05, 4.69) is 83.2 Å². The fourth-order valence-corrected chi connectivity index (χ4v) is 10.3. The van der Waals surface area contributed by atoms with Crippen LogP contribution in [0.1, 0.15) is 235 Å². The number of carboxylic acid groups (broad SMARTS) is 1. The molecule has 2 unspecified atom stereocenters. The minimum Gasteiger partial charge on any atom is -0.481 e. The van der Waals surface area contributed by atoms with Crippen LogP contribution in [-0.4, -0.2) is 69.5 Å². The molecule has 7 rings (SSSR count). The van der Waals surface area contributed by atoms with E-state index in [9.17, 15) is 24.3 Å². The number of ether oxygens (including phenoxy) is 2. The quantitative estimate of drug-likeness (QED) is 0.107. The number of nitrogens with zero attached hydrogens (tertiary/aromatic N) is 6. The molecule has 0 aliphatic heterocycles. The summed E-state index contributed by atoms with van der Waals surface area (Å²) < 4.78 is 15.6.